The number of carbonyl (C=O) groups is 1. The van der Waals surface area contributed by atoms with Gasteiger partial charge in [0.2, 0.25) is 0 Å². The van der Waals surface area contributed by atoms with E-state index in [1.807, 2.05) is 17.9 Å². The van der Waals surface area contributed by atoms with Crippen molar-refractivity contribution in [2.45, 2.75) is 38.3 Å². The molecule has 0 radical (unpaired) electrons. The number of rotatable bonds is 4. The molecule has 2 saturated heterocycles. The van der Waals surface area contributed by atoms with Crippen LogP contribution in [0.3, 0.4) is 0 Å². The molecule has 8 heteroatoms. The summed E-state index contributed by atoms with van der Waals surface area (Å²) in [5.41, 5.74) is 1.27. The Bertz CT molecular complexity index is 773. The fourth-order valence-corrected chi connectivity index (χ4v) is 4.16. The van der Waals surface area contributed by atoms with Gasteiger partial charge in [-0.15, -0.1) is 0 Å². The average molecular weight is 371 g/mol. The van der Waals surface area contributed by atoms with Crippen molar-refractivity contribution in [2.75, 3.05) is 26.2 Å². The minimum Gasteiger partial charge on any atom is -0.391 e. The third-order valence-corrected chi connectivity index (χ3v) is 5.63. The van der Waals surface area contributed by atoms with Crippen LogP contribution in [0.4, 0.5) is 0 Å². The van der Waals surface area contributed by atoms with Crippen molar-refractivity contribution < 1.29 is 14.4 Å². The molecule has 2 atom stereocenters. The first-order valence-electron chi connectivity index (χ1n) is 9.50. The Labute approximate surface area is 158 Å². The maximum absolute atomic E-state index is 12.5. The number of aromatic nitrogens is 3. The maximum atomic E-state index is 12.5. The van der Waals surface area contributed by atoms with Crippen molar-refractivity contribution >= 4 is 5.91 Å². The number of aryl methyl sites for hydroxylation is 1. The Kier molecular flexibility index (Phi) is 5.18. The molecule has 2 fully saturated rings. The summed E-state index contributed by atoms with van der Waals surface area (Å²) in [5.74, 6) is 0.945. The standard InChI is InChI=1S/C19H25N5O3/c1-13-8-16(27-22-13)9-14-11-24(12-18(14)25)15-2-6-23(7-3-15)19(26)17-10-20-4-5-21-17/h4-5,8,10,14-15,18,25H,2-3,6-7,9,11-12H2,1H3/t14-,18+/m1/s1. The molecule has 0 bridgehead atoms. The smallest absolute Gasteiger partial charge is 0.274 e. The predicted octanol–water partition coefficient (Wildman–Crippen LogP) is 0.913. The second-order valence-corrected chi connectivity index (χ2v) is 7.53. The van der Waals surface area contributed by atoms with Gasteiger partial charge in [0.25, 0.3) is 5.91 Å². The lowest BCUT2D eigenvalue weighted by molar-refractivity contribution is 0.0621. The van der Waals surface area contributed by atoms with Crippen molar-refractivity contribution in [3.05, 3.63) is 41.8 Å². The van der Waals surface area contributed by atoms with Crippen LogP contribution in [0.1, 0.15) is 34.8 Å². The molecule has 2 aliphatic heterocycles. The highest BCUT2D eigenvalue weighted by atomic mass is 16.5. The number of amides is 1. The Morgan fingerprint density at radius 3 is 2.78 bits per heavy atom. The number of hydrogen-bond donors (Lipinski definition) is 1. The van der Waals surface area contributed by atoms with E-state index in [-0.39, 0.29) is 17.9 Å². The van der Waals surface area contributed by atoms with Gasteiger partial charge in [0.1, 0.15) is 11.5 Å². The lowest BCUT2D eigenvalue weighted by Crippen LogP contribution is -2.46. The molecule has 2 aliphatic rings. The number of β-amino-alcohol motifs (C(OH)–C–C–N with tert-alkyl or cyclic N) is 1. The minimum absolute atomic E-state index is 0.0541. The van der Waals surface area contributed by atoms with E-state index in [2.05, 4.69) is 20.0 Å². The largest absolute Gasteiger partial charge is 0.391 e. The third kappa shape index (κ3) is 4.01. The van der Waals surface area contributed by atoms with E-state index in [0.29, 0.717) is 37.8 Å². The van der Waals surface area contributed by atoms with E-state index in [1.54, 1.807) is 12.4 Å². The molecular weight excluding hydrogens is 346 g/mol. The molecule has 8 nitrogen and oxygen atoms in total. The summed E-state index contributed by atoms with van der Waals surface area (Å²) in [4.78, 5) is 24.8. The molecule has 0 unspecified atom stereocenters. The van der Waals surface area contributed by atoms with Crippen LogP contribution in [-0.2, 0) is 6.42 Å². The van der Waals surface area contributed by atoms with Crippen molar-refractivity contribution in [3.8, 4) is 0 Å². The first-order chi connectivity index (χ1) is 13.1. The highest BCUT2D eigenvalue weighted by Gasteiger charge is 2.37. The number of carbonyl (C=O) groups excluding carboxylic acids is 1. The Morgan fingerprint density at radius 2 is 2.11 bits per heavy atom. The zero-order valence-corrected chi connectivity index (χ0v) is 15.5. The van der Waals surface area contributed by atoms with Gasteiger partial charge in [-0.1, -0.05) is 5.16 Å². The van der Waals surface area contributed by atoms with E-state index < -0.39 is 0 Å². The molecule has 144 valence electrons. The highest BCUT2D eigenvalue weighted by molar-refractivity contribution is 5.92. The van der Waals surface area contributed by atoms with Crippen LogP contribution in [0, 0.1) is 12.8 Å². The van der Waals surface area contributed by atoms with Gasteiger partial charge < -0.3 is 14.5 Å². The molecule has 1 N–H and O–H groups in total. The summed E-state index contributed by atoms with van der Waals surface area (Å²) >= 11 is 0. The molecule has 0 aromatic carbocycles. The summed E-state index contributed by atoms with van der Waals surface area (Å²) in [6.45, 7) is 4.85. The number of aliphatic hydroxyl groups excluding tert-OH is 1. The number of piperidine rings is 1. The summed E-state index contributed by atoms with van der Waals surface area (Å²) < 4.78 is 5.30. The zero-order valence-electron chi connectivity index (χ0n) is 15.5. The van der Waals surface area contributed by atoms with Gasteiger partial charge in [-0.3, -0.25) is 14.7 Å². The quantitative estimate of drug-likeness (QED) is 0.853. The normalized spacial score (nSPS) is 24.4. The van der Waals surface area contributed by atoms with Crippen LogP contribution in [-0.4, -0.2) is 74.3 Å². The maximum Gasteiger partial charge on any atom is 0.274 e. The first-order valence-corrected chi connectivity index (χ1v) is 9.50. The van der Waals surface area contributed by atoms with Crippen LogP contribution in [0.5, 0.6) is 0 Å². The number of hydrogen-bond acceptors (Lipinski definition) is 7. The van der Waals surface area contributed by atoms with Gasteiger partial charge in [0.15, 0.2) is 0 Å². The van der Waals surface area contributed by atoms with Gasteiger partial charge in [0.05, 0.1) is 18.0 Å². The third-order valence-electron chi connectivity index (χ3n) is 5.63. The molecule has 0 spiro atoms. The average Bonchev–Trinajstić information content (AvgIpc) is 3.28. The molecule has 0 saturated carbocycles. The Morgan fingerprint density at radius 1 is 1.30 bits per heavy atom. The molecule has 4 heterocycles. The van der Waals surface area contributed by atoms with E-state index in [9.17, 15) is 9.90 Å². The zero-order chi connectivity index (χ0) is 18.8. The Hall–Kier alpha value is -2.32. The fraction of sp³-hybridized carbons (Fsp3) is 0.579. The molecule has 1 amide bonds. The van der Waals surface area contributed by atoms with Gasteiger partial charge in [-0.25, -0.2) is 4.98 Å². The topological polar surface area (TPSA) is 95.6 Å². The highest BCUT2D eigenvalue weighted by Crippen LogP contribution is 2.27. The van der Waals surface area contributed by atoms with Crippen molar-refractivity contribution in [1.82, 2.24) is 24.9 Å². The molecule has 2 aromatic heterocycles. The summed E-state index contributed by atoms with van der Waals surface area (Å²) in [6.07, 6.45) is 6.80. The summed E-state index contributed by atoms with van der Waals surface area (Å²) in [5, 5.41) is 14.4. The van der Waals surface area contributed by atoms with Crippen LogP contribution >= 0.6 is 0 Å². The number of likely N-dealkylation sites (tertiary alicyclic amines) is 2. The molecular formula is C19H25N5O3. The second-order valence-electron chi connectivity index (χ2n) is 7.53. The van der Waals surface area contributed by atoms with Crippen molar-refractivity contribution in [3.63, 3.8) is 0 Å². The second kappa shape index (κ2) is 7.74. The van der Waals surface area contributed by atoms with Crippen LogP contribution < -0.4 is 0 Å². The van der Waals surface area contributed by atoms with E-state index in [0.717, 1.165) is 30.8 Å². The number of aliphatic hydroxyl groups is 1. The van der Waals surface area contributed by atoms with Crippen LogP contribution in [0.25, 0.3) is 0 Å². The molecule has 0 aliphatic carbocycles. The summed E-state index contributed by atoms with van der Waals surface area (Å²) in [6, 6.07) is 2.33. The van der Waals surface area contributed by atoms with E-state index in [4.69, 9.17) is 4.52 Å². The monoisotopic (exact) mass is 371 g/mol. The number of nitrogens with zero attached hydrogens (tertiary/aromatic N) is 5. The van der Waals surface area contributed by atoms with E-state index in [1.165, 1.54) is 6.20 Å². The van der Waals surface area contributed by atoms with Gasteiger partial charge >= 0.3 is 0 Å². The lowest BCUT2D eigenvalue weighted by atomic mass is 10.00. The first kappa shape index (κ1) is 18.1. The molecule has 27 heavy (non-hydrogen) atoms. The lowest BCUT2D eigenvalue weighted by Gasteiger charge is -2.36. The van der Waals surface area contributed by atoms with E-state index >= 15 is 0 Å². The molecule has 4 rings (SSSR count). The summed E-state index contributed by atoms with van der Waals surface area (Å²) in [7, 11) is 0. The van der Waals surface area contributed by atoms with Gasteiger partial charge in [-0.2, -0.15) is 0 Å². The van der Waals surface area contributed by atoms with Crippen LogP contribution in [0.2, 0.25) is 0 Å². The van der Waals surface area contributed by atoms with Crippen molar-refractivity contribution in [2.24, 2.45) is 5.92 Å². The minimum atomic E-state index is -0.352. The Balaban J connectivity index is 1.30. The van der Waals surface area contributed by atoms with Crippen molar-refractivity contribution in [1.29, 1.82) is 0 Å². The fourth-order valence-electron chi connectivity index (χ4n) is 4.16. The van der Waals surface area contributed by atoms with Gasteiger partial charge in [0, 0.05) is 63.0 Å². The SMILES string of the molecule is Cc1cc(C[C@@H]2CN(C3CCN(C(=O)c4cnccn4)CC3)C[C@@H]2O)on1. The van der Waals surface area contributed by atoms with Gasteiger partial charge in [-0.05, 0) is 19.8 Å². The predicted molar refractivity (Wildman–Crippen MR) is 97.0 cm³/mol. The molecule has 2 aromatic rings. The van der Waals surface area contributed by atoms with Crippen LogP contribution in [0.15, 0.2) is 29.2 Å².